The summed E-state index contributed by atoms with van der Waals surface area (Å²) in [5.74, 6) is -0.551. The molecule has 15 heavy (non-hydrogen) atoms. The van der Waals surface area contributed by atoms with E-state index in [4.69, 9.17) is 10.5 Å². The lowest BCUT2D eigenvalue weighted by molar-refractivity contribution is -0.131. The molecule has 0 unspecified atom stereocenters. The van der Waals surface area contributed by atoms with E-state index in [-0.39, 0.29) is 0 Å². The number of hydrogen-bond acceptors (Lipinski definition) is 3. The van der Waals surface area contributed by atoms with Crippen LogP contribution in [0.1, 0.15) is 12.5 Å². The molecule has 0 aliphatic carbocycles. The lowest BCUT2D eigenvalue weighted by Gasteiger charge is -2.04. The number of primary amides is 1. The summed E-state index contributed by atoms with van der Waals surface area (Å²) in [6, 6.07) is 6.87. The Bertz CT molecular complexity index is 410. The van der Waals surface area contributed by atoms with Crippen LogP contribution in [0.5, 0.6) is 5.75 Å². The summed E-state index contributed by atoms with van der Waals surface area (Å²) >= 11 is 0. The Kier molecular flexibility index (Phi) is 3.62. The second-order valence-corrected chi connectivity index (χ2v) is 2.87. The van der Waals surface area contributed by atoms with Gasteiger partial charge in [-0.3, -0.25) is 9.59 Å². The van der Waals surface area contributed by atoms with Crippen LogP contribution in [-0.2, 0) is 9.59 Å². The molecule has 4 nitrogen and oxygen atoms in total. The molecule has 1 aromatic carbocycles. The van der Waals surface area contributed by atoms with Gasteiger partial charge in [-0.05, 0) is 12.1 Å². The Hall–Kier alpha value is -2.10. The van der Waals surface area contributed by atoms with Crippen LogP contribution in [0.4, 0.5) is 0 Å². The number of nitrogens with two attached hydrogens (primary N) is 1. The topological polar surface area (TPSA) is 69.4 Å². The highest BCUT2D eigenvalue weighted by Crippen LogP contribution is 2.19. The van der Waals surface area contributed by atoms with Gasteiger partial charge in [0.15, 0.2) is 0 Å². The average Bonchev–Trinajstić information content (AvgIpc) is 2.15. The van der Waals surface area contributed by atoms with Gasteiger partial charge in [0.25, 0.3) is 0 Å². The van der Waals surface area contributed by atoms with E-state index < -0.39 is 11.9 Å². The smallest absolute Gasteiger partial charge is 0.308 e. The van der Waals surface area contributed by atoms with Crippen LogP contribution in [0.2, 0.25) is 0 Å². The Labute approximate surface area is 87.3 Å². The molecule has 2 N–H and O–H groups in total. The maximum atomic E-state index is 10.8. The molecule has 0 radical (unpaired) electrons. The number of carbonyl (C=O) groups is 2. The number of para-hydroxylation sites is 1. The molecule has 0 spiro atoms. The molecule has 0 aliphatic heterocycles. The molecule has 0 aromatic heterocycles. The van der Waals surface area contributed by atoms with E-state index in [1.54, 1.807) is 24.3 Å². The van der Waals surface area contributed by atoms with Crippen molar-refractivity contribution in [3.63, 3.8) is 0 Å². The Balaban J connectivity index is 2.95. The van der Waals surface area contributed by atoms with Crippen LogP contribution in [0.3, 0.4) is 0 Å². The predicted octanol–water partition coefficient (Wildman–Crippen LogP) is 1.11. The van der Waals surface area contributed by atoms with Gasteiger partial charge >= 0.3 is 5.97 Å². The van der Waals surface area contributed by atoms with E-state index in [0.717, 1.165) is 0 Å². The largest absolute Gasteiger partial charge is 0.426 e. The highest BCUT2D eigenvalue weighted by atomic mass is 16.5. The van der Waals surface area contributed by atoms with Gasteiger partial charge in [-0.2, -0.15) is 0 Å². The molecule has 0 atom stereocenters. The minimum Gasteiger partial charge on any atom is -0.426 e. The standard InChI is InChI=1S/C11H11NO3/c1-8(13)15-10-5-3-2-4-9(10)6-7-11(12)14/h2-7H,1H3,(H2,12,14). The van der Waals surface area contributed by atoms with Crippen LogP contribution in [-0.4, -0.2) is 11.9 Å². The highest BCUT2D eigenvalue weighted by Gasteiger charge is 2.02. The van der Waals surface area contributed by atoms with Gasteiger partial charge in [-0.15, -0.1) is 0 Å². The minimum atomic E-state index is -0.548. The number of ether oxygens (including phenoxy) is 1. The molecule has 4 heteroatoms. The number of carbonyl (C=O) groups excluding carboxylic acids is 2. The van der Waals surface area contributed by atoms with Gasteiger partial charge in [0, 0.05) is 18.6 Å². The van der Waals surface area contributed by atoms with E-state index in [1.807, 2.05) is 0 Å². The van der Waals surface area contributed by atoms with Crippen molar-refractivity contribution >= 4 is 18.0 Å². The van der Waals surface area contributed by atoms with Gasteiger partial charge in [-0.1, -0.05) is 18.2 Å². The van der Waals surface area contributed by atoms with Gasteiger partial charge < -0.3 is 10.5 Å². The first-order valence-electron chi connectivity index (χ1n) is 4.34. The first kappa shape index (κ1) is 11.0. The Morgan fingerprint density at radius 3 is 2.60 bits per heavy atom. The van der Waals surface area contributed by atoms with Crippen molar-refractivity contribution in [3.8, 4) is 5.75 Å². The first-order chi connectivity index (χ1) is 7.09. The molecule has 1 amide bonds. The summed E-state index contributed by atoms with van der Waals surface area (Å²) in [6.07, 6.45) is 2.71. The fraction of sp³-hybridized carbons (Fsp3) is 0.0909. The Morgan fingerprint density at radius 1 is 1.33 bits per heavy atom. The van der Waals surface area contributed by atoms with E-state index >= 15 is 0 Å². The van der Waals surface area contributed by atoms with Gasteiger partial charge in [0.05, 0.1) is 0 Å². The lowest BCUT2D eigenvalue weighted by Crippen LogP contribution is -2.05. The molecular formula is C11H11NO3. The maximum absolute atomic E-state index is 10.8. The van der Waals surface area contributed by atoms with Crippen LogP contribution < -0.4 is 10.5 Å². The lowest BCUT2D eigenvalue weighted by atomic mass is 10.2. The van der Waals surface area contributed by atoms with Crippen LogP contribution in [0.15, 0.2) is 30.3 Å². The summed E-state index contributed by atoms with van der Waals surface area (Å²) in [5.41, 5.74) is 5.59. The van der Waals surface area contributed by atoms with Crippen molar-refractivity contribution in [1.82, 2.24) is 0 Å². The number of rotatable bonds is 3. The zero-order valence-electron chi connectivity index (χ0n) is 8.27. The Morgan fingerprint density at radius 2 is 2.00 bits per heavy atom. The zero-order chi connectivity index (χ0) is 11.3. The summed E-state index contributed by atoms with van der Waals surface area (Å²) in [7, 11) is 0. The second kappa shape index (κ2) is 4.95. The number of amides is 1. The van der Waals surface area contributed by atoms with Crippen molar-refractivity contribution in [1.29, 1.82) is 0 Å². The molecule has 0 fully saturated rings. The van der Waals surface area contributed by atoms with Crippen molar-refractivity contribution in [2.75, 3.05) is 0 Å². The van der Waals surface area contributed by atoms with E-state index in [9.17, 15) is 9.59 Å². The second-order valence-electron chi connectivity index (χ2n) is 2.87. The predicted molar refractivity (Wildman–Crippen MR) is 56.0 cm³/mol. The third kappa shape index (κ3) is 3.64. The number of benzene rings is 1. The summed E-state index contributed by atoms with van der Waals surface area (Å²) < 4.78 is 4.94. The van der Waals surface area contributed by atoms with E-state index in [1.165, 1.54) is 19.1 Å². The SMILES string of the molecule is CC(=O)Oc1ccccc1C=CC(N)=O. The molecule has 0 aliphatic rings. The van der Waals surface area contributed by atoms with Crippen molar-refractivity contribution in [2.24, 2.45) is 5.73 Å². The molecule has 0 heterocycles. The van der Waals surface area contributed by atoms with E-state index in [2.05, 4.69) is 0 Å². The summed E-state index contributed by atoms with van der Waals surface area (Å²) in [5, 5.41) is 0. The third-order valence-electron chi connectivity index (χ3n) is 1.60. The third-order valence-corrected chi connectivity index (χ3v) is 1.60. The first-order valence-corrected chi connectivity index (χ1v) is 4.34. The fourth-order valence-electron chi connectivity index (χ4n) is 1.04. The summed E-state index contributed by atoms with van der Waals surface area (Å²) in [4.78, 5) is 21.3. The van der Waals surface area contributed by atoms with Crippen molar-refractivity contribution < 1.29 is 14.3 Å². The molecule has 0 saturated heterocycles. The van der Waals surface area contributed by atoms with Gasteiger partial charge in [0.1, 0.15) is 5.75 Å². The van der Waals surface area contributed by atoms with E-state index in [0.29, 0.717) is 11.3 Å². The monoisotopic (exact) mass is 205 g/mol. The minimum absolute atomic E-state index is 0.405. The fourth-order valence-corrected chi connectivity index (χ4v) is 1.04. The van der Waals surface area contributed by atoms with Gasteiger partial charge in [0.2, 0.25) is 5.91 Å². The quantitative estimate of drug-likeness (QED) is 0.456. The number of esters is 1. The zero-order valence-corrected chi connectivity index (χ0v) is 8.27. The molecule has 0 bridgehead atoms. The maximum Gasteiger partial charge on any atom is 0.308 e. The highest BCUT2D eigenvalue weighted by molar-refractivity contribution is 5.90. The average molecular weight is 205 g/mol. The van der Waals surface area contributed by atoms with Crippen LogP contribution in [0, 0.1) is 0 Å². The molecule has 78 valence electrons. The van der Waals surface area contributed by atoms with Crippen molar-refractivity contribution in [2.45, 2.75) is 6.92 Å². The molecule has 1 aromatic rings. The normalized spacial score (nSPS) is 10.2. The van der Waals surface area contributed by atoms with Crippen molar-refractivity contribution in [3.05, 3.63) is 35.9 Å². The van der Waals surface area contributed by atoms with Gasteiger partial charge in [-0.25, -0.2) is 0 Å². The van der Waals surface area contributed by atoms with Crippen LogP contribution >= 0.6 is 0 Å². The number of hydrogen-bond donors (Lipinski definition) is 1. The summed E-state index contributed by atoms with van der Waals surface area (Å²) in [6.45, 7) is 1.31. The van der Waals surface area contributed by atoms with Crippen LogP contribution in [0.25, 0.3) is 6.08 Å². The molecular weight excluding hydrogens is 194 g/mol. The molecule has 0 saturated carbocycles. The molecule has 1 rings (SSSR count).